The van der Waals surface area contributed by atoms with Crippen LogP contribution in [-0.2, 0) is 13.0 Å². The monoisotopic (exact) mass is 355 g/mol. The van der Waals surface area contributed by atoms with E-state index in [-0.39, 0.29) is 0 Å². The summed E-state index contributed by atoms with van der Waals surface area (Å²) >= 11 is 0. The first-order chi connectivity index (χ1) is 12.5. The van der Waals surface area contributed by atoms with Gasteiger partial charge in [0, 0.05) is 52.1 Å². The molecule has 0 aliphatic carbocycles. The highest BCUT2D eigenvalue weighted by molar-refractivity contribution is 5.47. The Labute approximate surface area is 155 Å². The van der Waals surface area contributed by atoms with Crippen molar-refractivity contribution in [2.45, 2.75) is 57.9 Å². The Morgan fingerprint density at radius 2 is 1.96 bits per heavy atom. The number of aryl methyl sites for hydroxylation is 1. The number of nitrogens with zero attached hydrogens (tertiary/aromatic N) is 7. The highest BCUT2D eigenvalue weighted by atomic mass is 15.3. The minimum atomic E-state index is 0.385. The first-order valence-electron chi connectivity index (χ1n) is 9.76. The second kappa shape index (κ2) is 6.85. The molecule has 1 atom stereocenters. The summed E-state index contributed by atoms with van der Waals surface area (Å²) in [4.78, 5) is 13.9. The van der Waals surface area contributed by atoms with Gasteiger partial charge in [-0.15, -0.1) is 10.2 Å². The van der Waals surface area contributed by atoms with Gasteiger partial charge in [0.05, 0.1) is 5.69 Å². The van der Waals surface area contributed by atoms with Crippen molar-refractivity contribution in [3.05, 3.63) is 23.4 Å². The molecule has 1 saturated heterocycles. The topological polar surface area (TPSA) is 63.0 Å². The van der Waals surface area contributed by atoms with Gasteiger partial charge in [0.2, 0.25) is 5.95 Å². The van der Waals surface area contributed by atoms with E-state index in [1.807, 2.05) is 19.0 Å². The molecular weight excluding hydrogens is 326 g/mol. The third-order valence-electron chi connectivity index (χ3n) is 5.46. The van der Waals surface area contributed by atoms with Gasteiger partial charge in [-0.3, -0.25) is 0 Å². The minimum Gasteiger partial charge on any atom is -0.356 e. The van der Waals surface area contributed by atoms with Gasteiger partial charge in [0.15, 0.2) is 0 Å². The molecule has 4 rings (SSSR count). The third-order valence-corrected chi connectivity index (χ3v) is 5.46. The lowest BCUT2D eigenvalue weighted by Gasteiger charge is -2.33. The predicted molar refractivity (Wildman–Crippen MR) is 103 cm³/mol. The van der Waals surface area contributed by atoms with Crippen molar-refractivity contribution in [2.75, 3.05) is 37.0 Å². The summed E-state index contributed by atoms with van der Waals surface area (Å²) in [5.74, 6) is 4.98. The summed E-state index contributed by atoms with van der Waals surface area (Å²) in [5.41, 5.74) is 1.10. The maximum absolute atomic E-state index is 4.83. The Balaban J connectivity index is 1.61. The van der Waals surface area contributed by atoms with Gasteiger partial charge in [-0.1, -0.05) is 13.8 Å². The van der Waals surface area contributed by atoms with Crippen LogP contribution in [0.5, 0.6) is 0 Å². The van der Waals surface area contributed by atoms with E-state index < -0.39 is 0 Å². The van der Waals surface area contributed by atoms with Crippen LogP contribution in [0.15, 0.2) is 6.07 Å². The van der Waals surface area contributed by atoms with Crippen molar-refractivity contribution in [3.63, 3.8) is 0 Å². The fourth-order valence-electron chi connectivity index (χ4n) is 3.97. The molecule has 0 N–H and O–H groups in total. The average molecular weight is 355 g/mol. The molecule has 0 aromatic carbocycles. The van der Waals surface area contributed by atoms with Crippen LogP contribution in [0.25, 0.3) is 0 Å². The Morgan fingerprint density at radius 1 is 1.12 bits per heavy atom. The van der Waals surface area contributed by atoms with E-state index in [0.29, 0.717) is 11.8 Å². The van der Waals surface area contributed by atoms with Crippen LogP contribution in [0, 0.1) is 0 Å². The van der Waals surface area contributed by atoms with Gasteiger partial charge in [-0.25, -0.2) is 4.98 Å². The van der Waals surface area contributed by atoms with E-state index in [0.717, 1.165) is 55.8 Å². The number of hydrogen-bond donors (Lipinski definition) is 0. The van der Waals surface area contributed by atoms with Crippen LogP contribution in [0.2, 0.25) is 0 Å². The zero-order chi connectivity index (χ0) is 18.3. The second-order valence-electron chi connectivity index (χ2n) is 8.01. The molecule has 1 fully saturated rings. The molecule has 2 aromatic rings. The predicted octanol–water partition coefficient (Wildman–Crippen LogP) is 2.59. The lowest BCUT2D eigenvalue weighted by atomic mass is 9.97. The highest BCUT2D eigenvalue weighted by Gasteiger charge is 2.29. The van der Waals surface area contributed by atoms with E-state index in [4.69, 9.17) is 9.97 Å². The maximum atomic E-state index is 4.83. The summed E-state index contributed by atoms with van der Waals surface area (Å²) in [6, 6.07) is 2.16. The van der Waals surface area contributed by atoms with Crippen LogP contribution in [0.4, 0.5) is 11.8 Å². The SMILES string of the molecule is CC(C)c1cc(N2CCCC(c3nnc4n3CCC4)C2)nc(N(C)C)n1. The Hall–Kier alpha value is -2.18. The summed E-state index contributed by atoms with van der Waals surface area (Å²) < 4.78 is 2.35. The molecule has 140 valence electrons. The van der Waals surface area contributed by atoms with Gasteiger partial charge in [0.25, 0.3) is 0 Å². The molecule has 26 heavy (non-hydrogen) atoms. The second-order valence-corrected chi connectivity index (χ2v) is 8.01. The van der Waals surface area contributed by atoms with Crippen LogP contribution in [-0.4, -0.2) is 51.9 Å². The number of hydrogen-bond acceptors (Lipinski definition) is 6. The molecule has 7 heteroatoms. The molecule has 0 saturated carbocycles. The zero-order valence-electron chi connectivity index (χ0n) is 16.3. The molecule has 0 radical (unpaired) electrons. The quantitative estimate of drug-likeness (QED) is 0.840. The third kappa shape index (κ3) is 3.15. The molecular formula is C19H29N7. The molecule has 0 spiro atoms. The lowest BCUT2D eigenvalue weighted by Crippen LogP contribution is -2.36. The van der Waals surface area contributed by atoms with Crippen LogP contribution >= 0.6 is 0 Å². The lowest BCUT2D eigenvalue weighted by molar-refractivity contribution is 0.470. The Morgan fingerprint density at radius 3 is 2.73 bits per heavy atom. The Kier molecular flexibility index (Phi) is 4.54. The van der Waals surface area contributed by atoms with Crippen molar-refractivity contribution < 1.29 is 0 Å². The van der Waals surface area contributed by atoms with E-state index in [2.05, 4.69) is 39.6 Å². The van der Waals surface area contributed by atoms with Crippen molar-refractivity contribution in [3.8, 4) is 0 Å². The molecule has 0 bridgehead atoms. The standard InChI is InChI=1S/C19H29N7/c1-13(2)15-11-17(21-19(20-15)24(3)4)25-9-5-7-14(12-25)18-23-22-16-8-6-10-26(16)18/h11,13-14H,5-10,12H2,1-4H3. The number of aromatic nitrogens is 5. The largest absolute Gasteiger partial charge is 0.356 e. The Bertz CT molecular complexity index is 754. The first-order valence-corrected chi connectivity index (χ1v) is 9.76. The van der Waals surface area contributed by atoms with E-state index in [1.165, 1.54) is 18.7 Å². The number of rotatable bonds is 4. The smallest absolute Gasteiger partial charge is 0.227 e. The molecule has 2 aliphatic rings. The highest BCUT2D eigenvalue weighted by Crippen LogP contribution is 2.31. The first kappa shape index (κ1) is 17.2. The molecule has 0 amide bonds. The molecule has 1 unspecified atom stereocenters. The minimum absolute atomic E-state index is 0.385. The molecule has 2 aromatic heterocycles. The van der Waals surface area contributed by atoms with Crippen LogP contribution in [0.1, 0.15) is 62.3 Å². The molecule has 4 heterocycles. The molecule has 2 aliphatic heterocycles. The van der Waals surface area contributed by atoms with Crippen molar-refractivity contribution in [1.29, 1.82) is 0 Å². The summed E-state index contributed by atoms with van der Waals surface area (Å²) in [6.07, 6.45) is 4.60. The van der Waals surface area contributed by atoms with Gasteiger partial charge in [-0.05, 0) is 25.2 Å². The zero-order valence-corrected chi connectivity index (χ0v) is 16.3. The number of fused-ring (bicyclic) bond motifs is 1. The summed E-state index contributed by atoms with van der Waals surface area (Å²) in [7, 11) is 4.00. The van der Waals surface area contributed by atoms with Crippen molar-refractivity contribution in [1.82, 2.24) is 24.7 Å². The van der Waals surface area contributed by atoms with E-state index in [9.17, 15) is 0 Å². The van der Waals surface area contributed by atoms with Crippen molar-refractivity contribution >= 4 is 11.8 Å². The average Bonchev–Trinajstić information content (AvgIpc) is 3.25. The number of piperidine rings is 1. The van der Waals surface area contributed by atoms with E-state index >= 15 is 0 Å². The van der Waals surface area contributed by atoms with Crippen molar-refractivity contribution in [2.24, 2.45) is 0 Å². The summed E-state index contributed by atoms with van der Waals surface area (Å²) in [5, 5.41) is 8.93. The number of anilines is 2. The van der Waals surface area contributed by atoms with E-state index in [1.54, 1.807) is 0 Å². The fourth-order valence-corrected chi connectivity index (χ4v) is 3.97. The van der Waals surface area contributed by atoms with Crippen LogP contribution < -0.4 is 9.80 Å². The maximum Gasteiger partial charge on any atom is 0.227 e. The fraction of sp³-hybridized carbons (Fsp3) is 0.684. The van der Waals surface area contributed by atoms with Gasteiger partial charge in [-0.2, -0.15) is 4.98 Å². The van der Waals surface area contributed by atoms with Gasteiger partial charge in [0.1, 0.15) is 17.5 Å². The van der Waals surface area contributed by atoms with Gasteiger partial charge >= 0.3 is 0 Å². The van der Waals surface area contributed by atoms with Gasteiger partial charge < -0.3 is 14.4 Å². The van der Waals surface area contributed by atoms with Crippen LogP contribution in [0.3, 0.4) is 0 Å². The summed E-state index contributed by atoms with van der Waals surface area (Å²) in [6.45, 7) is 7.44. The molecule has 7 nitrogen and oxygen atoms in total. The normalized spacial score (nSPS) is 19.9.